The van der Waals surface area contributed by atoms with Gasteiger partial charge in [0.15, 0.2) is 0 Å². The monoisotopic (exact) mass is 368 g/mol. The van der Waals surface area contributed by atoms with Gasteiger partial charge in [-0.25, -0.2) is 4.98 Å². The number of nitrogens with zero attached hydrogens (tertiary/aromatic N) is 3. The number of hydrogen-bond acceptors (Lipinski definition) is 4. The van der Waals surface area contributed by atoms with Gasteiger partial charge >= 0.3 is 0 Å². The first-order chi connectivity index (χ1) is 11.3. The fraction of sp³-hybridized carbons (Fsp3) is 0.471. The Bertz CT molecular complexity index is 747. The Morgan fingerprint density at radius 3 is 2.58 bits per heavy atom. The van der Waals surface area contributed by atoms with Crippen molar-refractivity contribution in [3.05, 3.63) is 33.9 Å². The van der Waals surface area contributed by atoms with Crippen molar-refractivity contribution in [3.8, 4) is 11.4 Å². The van der Waals surface area contributed by atoms with Crippen molar-refractivity contribution in [3.63, 3.8) is 0 Å². The molecule has 1 aliphatic rings. The van der Waals surface area contributed by atoms with Gasteiger partial charge in [-0.2, -0.15) is 0 Å². The van der Waals surface area contributed by atoms with Crippen LogP contribution in [0.2, 0.25) is 10.0 Å². The maximum Gasteiger partial charge on any atom is 0.143 e. The molecule has 0 spiro atoms. The van der Waals surface area contributed by atoms with Gasteiger partial charge in [-0.1, -0.05) is 29.3 Å². The summed E-state index contributed by atoms with van der Waals surface area (Å²) < 4.78 is 1.97. The smallest absolute Gasteiger partial charge is 0.143 e. The molecule has 5 nitrogen and oxygen atoms in total. The fourth-order valence-corrected chi connectivity index (χ4v) is 3.58. The van der Waals surface area contributed by atoms with E-state index in [2.05, 4.69) is 16.8 Å². The predicted octanol–water partition coefficient (Wildman–Crippen LogP) is 3.20. The molecule has 0 amide bonds. The Kier molecular flexibility index (Phi) is 4.80. The zero-order valence-electron chi connectivity index (χ0n) is 13.9. The summed E-state index contributed by atoms with van der Waals surface area (Å²) in [4.78, 5) is 6.84. The van der Waals surface area contributed by atoms with E-state index in [1.54, 1.807) is 6.07 Å². The number of aliphatic hydroxyl groups excluding tert-OH is 1. The minimum atomic E-state index is -0.131. The topological polar surface area (TPSA) is 67.3 Å². The zero-order chi connectivity index (χ0) is 17.5. The summed E-state index contributed by atoms with van der Waals surface area (Å²) >= 11 is 12.5. The van der Waals surface area contributed by atoms with Crippen molar-refractivity contribution < 1.29 is 5.11 Å². The van der Waals surface area contributed by atoms with Crippen molar-refractivity contribution >= 4 is 29.0 Å². The standard InChI is InChI=1S/C17H22Cl2N4O/c1-17(20)6-8-23(9-7-17)16-13(10-24)21-15(22(16)2)11-4-3-5-12(18)14(11)19/h3-5,24H,6-10,20H2,1-2H3. The van der Waals surface area contributed by atoms with E-state index in [1.807, 2.05) is 23.7 Å². The number of benzene rings is 1. The quantitative estimate of drug-likeness (QED) is 0.872. The normalized spacial score (nSPS) is 17.3. The number of aromatic nitrogens is 2. The summed E-state index contributed by atoms with van der Waals surface area (Å²) in [6.07, 6.45) is 1.80. The van der Waals surface area contributed by atoms with E-state index in [0.717, 1.165) is 37.3 Å². The van der Waals surface area contributed by atoms with Crippen LogP contribution in [0.15, 0.2) is 18.2 Å². The molecule has 130 valence electrons. The lowest BCUT2D eigenvalue weighted by molar-refractivity contribution is 0.277. The third-order valence-corrected chi connectivity index (χ3v) is 5.50. The van der Waals surface area contributed by atoms with Crippen LogP contribution in [0, 0.1) is 0 Å². The molecule has 7 heteroatoms. The Labute approximate surface area is 152 Å². The summed E-state index contributed by atoms with van der Waals surface area (Å²) in [7, 11) is 1.93. The second-order valence-electron chi connectivity index (χ2n) is 6.67. The molecule has 1 fully saturated rings. The van der Waals surface area contributed by atoms with Gasteiger partial charge in [0.05, 0.1) is 16.7 Å². The van der Waals surface area contributed by atoms with Gasteiger partial charge < -0.3 is 20.3 Å². The first kappa shape index (κ1) is 17.5. The lowest BCUT2D eigenvalue weighted by Gasteiger charge is -2.38. The minimum absolute atomic E-state index is 0.127. The van der Waals surface area contributed by atoms with E-state index in [0.29, 0.717) is 21.6 Å². The molecule has 3 N–H and O–H groups in total. The molecule has 0 saturated carbocycles. The van der Waals surface area contributed by atoms with E-state index >= 15 is 0 Å². The third kappa shape index (κ3) is 3.14. The summed E-state index contributed by atoms with van der Waals surface area (Å²) in [5, 5.41) is 10.7. The van der Waals surface area contributed by atoms with Gasteiger partial charge in [0, 0.05) is 31.2 Å². The first-order valence-electron chi connectivity index (χ1n) is 7.99. The van der Waals surface area contributed by atoms with E-state index < -0.39 is 0 Å². The maximum atomic E-state index is 9.77. The summed E-state index contributed by atoms with van der Waals surface area (Å²) in [6.45, 7) is 3.62. The van der Waals surface area contributed by atoms with Crippen molar-refractivity contribution in [1.29, 1.82) is 0 Å². The van der Waals surface area contributed by atoms with Crippen LogP contribution in [-0.4, -0.2) is 33.3 Å². The maximum absolute atomic E-state index is 9.77. The molecule has 0 radical (unpaired) electrons. The largest absolute Gasteiger partial charge is 0.390 e. The van der Waals surface area contributed by atoms with Crippen LogP contribution >= 0.6 is 23.2 Å². The van der Waals surface area contributed by atoms with Crippen LogP contribution < -0.4 is 10.6 Å². The van der Waals surface area contributed by atoms with Gasteiger partial charge in [0.1, 0.15) is 17.3 Å². The Hall–Kier alpha value is -1.27. The summed E-state index contributed by atoms with van der Waals surface area (Å²) in [5.74, 6) is 1.61. The van der Waals surface area contributed by atoms with E-state index in [9.17, 15) is 5.11 Å². The highest BCUT2D eigenvalue weighted by atomic mass is 35.5. The summed E-state index contributed by atoms with van der Waals surface area (Å²) in [6, 6.07) is 5.48. The number of halogens is 2. The van der Waals surface area contributed by atoms with Crippen LogP contribution in [0.4, 0.5) is 5.82 Å². The molecule has 3 rings (SSSR count). The fourth-order valence-electron chi connectivity index (χ4n) is 3.19. The van der Waals surface area contributed by atoms with Crippen LogP contribution in [0.3, 0.4) is 0 Å². The molecule has 2 heterocycles. The van der Waals surface area contributed by atoms with Crippen LogP contribution in [0.1, 0.15) is 25.5 Å². The molecule has 0 bridgehead atoms. The van der Waals surface area contributed by atoms with E-state index in [1.165, 1.54) is 0 Å². The lowest BCUT2D eigenvalue weighted by atomic mass is 9.91. The number of hydrogen-bond donors (Lipinski definition) is 2. The van der Waals surface area contributed by atoms with Gasteiger partial charge in [0.2, 0.25) is 0 Å². The minimum Gasteiger partial charge on any atom is -0.390 e. The molecule has 24 heavy (non-hydrogen) atoms. The van der Waals surface area contributed by atoms with Gasteiger partial charge in [-0.3, -0.25) is 0 Å². The molecular formula is C17H22Cl2N4O. The SMILES string of the molecule is Cn1c(-c2cccc(Cl)c2Cl)nc(CO)c1N1CCC(C)(N)CC1. The third-order valence-electron chi connectivity index (χ3n) is 4.68. The number of rotatable bonds is 3. The Morgan fingerprint density at radius 2 is 1.96 bits per heavy atom. The average molecular weight is 369 g/mol. The van der Waals surface area contributed by atoms with E-state index in [4.69, 9.17) is 28.9 Å². The molecule has 2 aromatic rings. The highest BCUT2D eigenvalue weighted by Gasteiger charge is 2.29. The summed E-state index contributed by atoms with van der Waals surface area (Å²) in [5.41, 5.74) is 7.50. The number of imidazole rings is 1. The molecule has 1 aliphatic heterocycles. The van der Waals surface area contributed by atoms with Crippen molar-refractivity contribution in [2.75, 3.05) is 18.0 Å². The average Bonchev–Trinajstić information content (AvgIpc) is 2.87. The van der Waals surface area contributed by atoms with E-state index in [-0.39, 0.29) is 12.1 Å². The predicted molar refractivity (Wildman–Crippen MR) is 98.6 cm³/mol. The molecule has 1 saturated heterocycles. The van der Waals surface area contributed by atoms with Crippen LogP contribution in [0.5, 0.6) is 0 Å². The van der Waals surface area contributed by atoms with Crippen molar-refractivity contribution in [2.45, 2.75) is 31.9 Å². The van der Waals surface area contributed by atoms with Gasteiger partial charge in [-0.05, 0) is 31.9 Å². The van der Waals surface area contributed by atoms with Crippen LogP contribution in [-0.2, 0) is 13.7 Å². The van der Waals surface area contributed by atoms with Gasteiger partial charge in [-0.15, -0.1) is 0 Å². The Morgan fingerprint density at radius 1 is 1.29 bits per heavy atom. The first-order valence-corrected chi connectivity index (χ1v) is 8.74. The number of nitrogens with two attached hydrogens (primary N) is 1. The van der Waals surface area contributed by atoms with Crippen LogP contribution in [0.25, 0.3) is 11.4 Å². The molecule has 1 aromatic heterocycles. The second kappa shape index (κ2) is 6.56. The number of piperidine rings is 1. The molecule has 0 atom stereocenters. The van der Waals surface area contributed by atoms with Crippen molar-refractivity contribution in [1.82, 2.24) is 9.55 Å². The molecule has 0 aliphatic carbocycles. The Balaban J connectivity index is 2.03. The molecule has 1 aromatic carbocycles. The lowest BCUT2D eigenvalue weighted by Crippen LogP contribution is -2.48. The molecular weight excluding hydrogens is 347 g/mol. The highest BCUT2D eigenvalue weighted by molar-refractivity contribution is 6.43. The number of anilines is 1. The number of aliphatic hydroxyl groups is 1. The highest BCUT2D eigenvalue weighted by Crippen LogP contribution is 2.36. The molecule has 0 unspecified atom stereocenters. The second-order valence-corrected chi connectivity index (χ2v) is 7.45. The van der Waals surface area contributed by atoms with Crippen molar-refractivity contribution in [2.24, 2.45) is 12.8 Å². The zero-order valence-corrected chi connectivity index (χ0v) is 15.4. The van der Waals surface area contributed by atoms with Gasteiger partial charge in [0.25, 0.3) is 0 Å².